The van der Waals surface area contributed by atoms with Gasteiger partial charge in [0.15, 0.2) is 0 Å². The van der Waals surface area contributed by atoms with Gasteiger partial charge in [0.25, 0.3) is 5.56 Å². The number of rotatable bonds is 2. The Morgan fingerprint density at radius 1 is 1.06 bits per heavy atom. The van der Waals surface area contributed by atoms with Gasteiger partial charge in [0, 0.05) is 0 Å². The molecule has 0 amide bonds. The SMILES string of the molecule is Cc1ccc(Cn2sc3ccccc3c2=O)cc1. The van der Waals surface area contributed by atoms with E-state index < -0.39 is 0 Å². The molecule has 0 saturated carbocycles. The maximum atomic E-state index is 12.2. The van der Waals surface area contributed by atoms with Gasteiger partial charge in [-0.3, -0.25) is 8.75 Å². The summed E-state index contributed by atoms with van der Waals surface area (Å²) < 4.78 is 2.87. The monoisotopic (exact) mass is 255 g/mol. The fourth-order valence-corrected chi connectivity index (χ4v) is 3.01. The number of benzene rings is 2. The van der Waals surface area contributed by atoms with Crippen LogP contribution in [0.5, 0.6) is 0 Å². The predicted molar refractivity (Wildman–Crippen MR) is 76.4 cm³/mol. The van der Waals surface area contributed by atoms with Crippen molar-refractivity contribution in [2.75, 3.05) is 0 Å². The Kier molecular flexibility index (Phi) is 2.76. The summed E-state index contributed by atoms with van der Waals surface area (Å²) in [5.41, 5.74) is 2.51. The molecule has 0 bridgehead atoms. The number of hydrogen-bond acceptors (Lipinski definition) is 2. The van der Waals surface area contributed by atoms with Crippen molar-refractivity contribution in [3.8, 4) is 0 Å². The third-order valence-electron chi connectivity index (χ3n) is 3.00. The van der Waals surface area contributed by atoms with Crippen LogP contribution >= 0.6 is 11.5 Å². The molecule has 0 N–H and O–H groups in total. The molecule has 0 atom stereocenters. The first-order chi connectivity index (χ1) is 8.74. The van der Waals surface area contributed by atoms with Gasteiger partial charge in [-0.1, -0.05) is 53.5 Å². The van der Waals surface area contributed by atoms with Gasteiger partial charge in [0.1, 0.15) is 0 Å². The van der Waals surface area contributed by atoms with E-state index in [-0.39, 0.29) is 5.56 Å². The molecular formula is C15H13NOS. The molecule has 0 fully saturated rings. The molecule has 1 aromatic heterocycles. The van der Waals surface area contributed by atoms with Crippen molar-refractivity contribution in [1.82, 2.24) is 3.96 Å². The number of nitrogens with zero attached hydrogens (tertiary/aromatic N) is 1. The normalized spacial score (nSPS) is 10.9. The minimum Gasteiger partial charge on any atom is -0.268 e. The van der Waals surface area contributed by atoms with E-state index in [9.17, 15) is 4.79 Å². The van der Waals surface area contributed by atoms with Crippen molar-refractivity contribution < 1.29 is 0 Å². The van der Waals surface area contributed by atoms with Crippen molar-refractivity contribution in [3.63, 3.8) is 0 Å². The summed E-state index contributed by atoms with van der Waals surface area (Å²) in [6.07, 6.45) is 0. The molecular weight excluding hydrogens is 242 g/mol. The minimum absolute atomic E-state index is 0.108. The topological polar surface area (TPSA) is 22.0 Å². The van der Waals surface area contributed by atoms with Crippen molar-refractivity contribution in [2.24, 2.45) is 0 Å². The number of fused-ring (bicyclic) bond motifs is 1. The Morgan fingerprint density at radius 3 is 2.50 bits per heavy atom. The van der Waals surface area contributed by atoms with E-state index in [1.807, 2.05) is 28.2 Å². The molecule has 18 heavy (non-hydrogen) atoms. The largest absolute Gasteiger partial charge is 0.268 e. The molecule has 0 radical (unpaired) electrons. The molecule has 0 aliphatic carbocycles. The third-order valence-corrected chi connectivity index (χ3v) is 4.07. The average molecular weight is 255 g/mol. The first-order valence-electron chi connectivity index (χ1n) is 5.88. The Morgan fingerprint density at radius 2 is 1.78 bits per heavy atom. The summed E-state index contributed by atoms with van der Waals surface area (Å²) >= 11 is 1.53. The quantitative estimate of drug-likeness (QED) is 0.687. The second kappa shape index (κ2) is 4.42. The molecule has 3 heteroatoms. The van der Waals surface area contributed by atoms with E-state index in [0.29, 0.717) is 6.54 Å². The molecule has 3 rings (SSSR count). The first-order valence-corrected chi connectivity index (χ1v) is 6.66. The van der Waals surface area contributed by atoms with Gasteiger partial charge < -0.3 is 0 Å². The van der Waals surface area contributed by atoms with E-state index in [1.54, 1.807) is 0 Å². The van der Waals surface area contributed by atoms with Gasteiger partial charge in [-0.15, -0.1) is 0 Å². The molecule has 0 unspecified atom stereocenters. The van der Waals surface area contributed by atoms with E-state index in [4.69, 9.17) is 0 Å². The van der Waals surface area contributed by atoms with Crippen LogP contribution in [0.3, 0.4) is 0 Å². The number of aromatic nitrogens is 1. The Hall–Kier alpha value is -1.87. The van der Waals surface area contributed by atoms with Crippen molar-refractivity contribution in [2.45, 2.75) is 13.5 Å². The lowest BCUT2D eigenvalue weighted by Crippen LogP contribution is -2.13. The lowest BCUT2D eigenvalue weighted by molar-refractivity contribution is 0.854. The minimum atomic E-state index is 0.108. The van der Waals surface area contributed by atoms with Gasteiger partial charge in [0.05, 0.1) is 16.6 Å². The van der Waals surface area contributed by atoms with Gasteiger partial charge in [-0.2, -0.15) is 0 Å². The zero-order valence-corrected chi connectivity index (χ0v) is 10.9. The lowest BCUT2D eigenvalue weighted by Gasteiger charge is -2.01. The van der Waals surface area contributed by atoms with Crippen LogP contribution in [0.1, 0.15) is 11.1 Å². The molecule has 2 aromatic carbocycles. The van der Waals surface area contributed by atoms with Crippen molar-refractivity contribution >= 4 is 21.6 Å². The van der Waals surface area contributed by atoms with Crippen LogP contribution < -0.4 is 5.56 Å². The standard InChI is InChI=1S/C15H13NOS/c1-11-6-8-12(9-7-11)10-16-15(17)13-4-2-3-5-14(13)18-16/h2-9H,10H2,1H3. The fourth-order valence-electron chi connectivity index (χ4n) is 1.98. The van der Waals surface area contributed by atoms with Crippen LogP contribution in [-0.2, 0) is 6.54 Å². The average Bonchev–Trinajstić information content (AvgIpc) is 2.70. The zero-order valence-electron chi connectivity index (χ0n) is 10.1. The summed E-state index contributed by atoms with van der Waals surface area (Å²) in [6, 6.07) is 16.1. The van der Waals surface area contributed by atoms with Gasteiger partial charge >= 0.3 is 0 Å². The second-order valence-electron chi connectivity index (χ2n) is 4.41. The molecule has 90 valence electrons. The summed E-state index contributed by atoms with van der Waals surface area (Å²) in [5, 5.41) is 0.814. The molecule has 0 spiro atoms. The van der Waals surface area contributed by atoms with Gasteiger partial charge in [-0.25, -0.2) is 0 Å². The van der Waals surface area contributed by atoms with E-state index in [0.717, 1.165) is 15.6 Å². The fraction of sp³-hybridized carbons (Fsp3) is 0.133. The number of hydrogen-bond donors (Lipinski definition) is 0. The Bertz CT molecular complexity index is 737. The molecule has 2 nitrogen and oxygen atoms in total. The number of aryl methyl sites for hydroxylation is 1. The van der Waals surface area contributed by atoms with Gasteiger partial charge in [-0.05, 0) is 24.6 Å². The van der Waals surface area contributed by atoms with Crippen molar-refractivity contribution in [3.05, 3.63) is 70.0 Å². The summed E-state index contributed by atoms with van der Waals surface area (Å²) in [7, 11) is 0. The smallest absolute Gasteiger partial charge is 0.268 e. The van der Waals surface area contributed by atoms with E-state index in [2.05, 4.69) is 31.2 Å². The Balaban J connectivity index is 2.02. The van der Waals surface area contributed by atoms with Crippen LogP contribution in [0, 0.1) is 6.92 Å². The van der Waals surface area contributed by atoms with Crippen LogP contribution in [0.4, 0.5) is 0 Å². The van der Waals surface area contributed by atoms with E-state index in [1.165, 1.54) is 17.1 Å². The predicted octanol–water partition coefficient (Wildman–Crippen LogP) is 3.42. The molecule has 0 aliphatic heterocycles. The highest BCUT2D eigenvalue weighted by molar-refractivity contribution is 7.13. The highest BCUT2D eigenvalue weighted by atomic mass is 32.1. The molecule has 0 aliphatic rings. The maximum Gasteiger partial charge on any atom is 0.268 e. The lowest BCUT2D eigenvalue weighted by atomic mass is 10.1. The second-order valence-corrected chi connectivity index (χ2v) is 5.48. The Labute approximate surface area is 109 Å². The molecule has 0 saturated heterocycles. The van der Waals surface area contributed by atoms with Crippen LogP contribution in [0.2, 0.25) is 0 Å². The maximum absolute atomic E-state index is 12.2. The third kappa shape index (κ3) is 1.97. The summed E-state index contributed by atoms with van der Waals surface area (Å²) in [5.74, 6) is 0. The highest BCUT2D eigenvalue weighted by Crippen LogP contribution is 2.17. The van der Waals surface area contributed by atoms with Gasteiger partial charge in [0.2, 0.25) is 0 Å². The van der Waals surface area contributed by atoms with Crippen LogP contribution in [-0.4, -0.2) is 3.96 Å². The summed E-state index contributed by atoms with van der Waals surface area (Å²) in [6.45, 7) is 2.72. The van der Waals surface area contributed by atoms with Crippen molar-refractivity contribution in [1.29, 1.82) is 0 Å². The first kappa shape index (κ1) is 11.2. The summed E-state index contributed by atoms with van der Waals surface area (Å²) in [4.78, 5) is 12.2. The zero-order chi connectivity index (χ0) is 12.5. The molecule has 3 aromatic rings. The van der Waals surface area contributed by atoms with E-state index >= 15 is 0 Å². The molecule has 1 heterocycles. The van der Waals surface area contributed by atoms with Crippen LogP contribution in [0.15, 0.2) is 53.3 Å². The van der Waals surface area contributed by atoms with Crippen LogP contribution in [0.25, 0.3) is 10.1 Å². The highest BCUT2D eigenvalue weighted by Gasteiger charge is 2.06.